The Morgan fingerprint density at radius 2 is 2.09 bits per heavy atom. The Bertz CT molecular complexity index is 580. The second kappa shape index (κ2) is 8.07. The largest absolute Gasteiger partial charge is 0.330 e. The molecule has 2 rings (SSSR count). The van der Waals surface area contributed by atoms with Crippen LogP contribution in [0.25, 0.3) is 0 Å². The lowest BCUT2D eigenvalue weighted by Crippen LogP contribution is -2.47. The molecule has 2 unspecified atom stereocenters. The van der Waals surface area contributed by atoms with Gasteiger partial charge in [0.15, 0.2) is 0 Å². The molecule has 1 aliphatic rings. The molecule has 1 aromatic rings. The normalized spacial score (nSPS) is 20.5. The summed E-state index contributed by atoms with van der Waals surface area (Å²) in [7, 11) is 0. The van der Waals surface area contributed by atoms with Crippen LogP contribution in [0.4, 0.5) is 4.39 Å². The standard InChI is InChI=1S/C16H20FN3O.C2H6/c1-16(2,10-19)14-7-6-13(20(14)15(21)9-18)11-4-3-5-12(17)8-11;1-2/h3-5,8,13-14H,6-7,9,18H2,1-2H3;1-2H3. The van der Waals surface area contributed by atoms with Crippen LogP contribution in [0.15, 0.2) is 24.3 Å². The van der Waals surface area contributed by atoms with Gasteiger partial charge in [-0.25, -0.2) is 4.39 Å². The number of halogens is 1. The minimum atomic E-state index is -0.660. The lowest BCUT2D eigenvalue weighted by atomic mass is 9.84. The predicted molar refractivity (Wildman–Crippen MR) is 88.8 cm³/mol. The quantitative estimate of drug-likeness (QED) is 0.928. The molecule has 1 fully saturated rings. The van der Waals surface area contributed by atoms with Gasteiger partial charge in [-0.15, -0.1) is 0 Å². The third-order valence-electron chi connectivity index (χ3n) is 4.20. The summed E-state index contributed by atoms with van der Waals surface area (Å²) >= 11 is 0. The fourth-order valence-corrected chi connectivity index (χ4v) is 3.09. The van der Waals surface area contributed by atoms with E-state index in [0.717, 1.165) is 5.56 Å². The second-order valence-corrected chi connectivity index (χ2v) is 6.00. The summed E-state index contributed by atoms with van der Waals surface area (Å²) < 4.78 is 13.4. The Labute approximate surface area is 138 Å². The van der Waals surface area contributed by atoms with Crippen molar-refractivity contribution in [3.05, 3.63) is 35.6 Å². The first kappa shape index (κ1) is 19.1. The van der Waals surface area contributed by atoms with Crippen molar-refractivity contribution in [3.63, 3.8) is 0 Å². The first-order chi connectivity index (χ1) is 10.9. The third kappa shape index (κ3) is 4.08. The zero-order valence-electron chi connectivity index (χ0n) is 14.3. The SMILES string of the molecule is CC.CC(C)(C#N)C1CCC(c2cccc(F)c2)N1C(=O)CN. The number of rotatable bonds is 3. The van der Waals surface area contributed by atoms with E-state index in [0.29, 0.717) is 12.8 Å². The van der Waals surface area contributed by atoms with Crippen LogP contribution in [0.1, 0.15) is 52.1 Å². The van der Waals surface area contributed by atoms with Gasteiger partial charge < -0.3 is 10.6 Å². The molecular formula is C18H26FN3O. The number of carbonyl (C=O) groups is 1. The van der Waals surface area contributed by atoms with Gasteiger partial charge in [-0.1, -0.05) is 26.0 Å². The topological polar surface area (TPSA) is 70.1 Å². The van der Waals surface area contributed by atoms with Gasteiger partial charge in [0.05, 0.1) is 30.1 Å². The van der Waals surface area contributed by atoms with Gasteiger partial charge in [-0.05, 0) is 44.4 Å². The fourth-order valence-electron chi connectivity index (χ4n) is 3.09. The van der Waals surface area contributed by atoms with E-state index < -0.39 is 5.41 Å². The van der Waals surface area contributed by atoms with Crippen LogP contribution in [-0.4, -0.2) is 23.4 Å². The van der Waals surface area contributed by atoms with Crippen molar-refractivity contribution in [3.8, 4) is 6.07 Å². The van der Waals surface area contributed by atoms with E-state index in [2.05, 4.69) is 6.07 Å². The predicted octanol–water partition coefficient (Wildman–Crippen LogP) is 3.39. The van der Waals surface area contributed by atoms with Gasteiger partial charge in [-0.2, -0.15) is 5.26 Å². The van der Waals surface area contributed by atoms with Gasteiger partial charge in [0, 0.05) is 0 Å². The molecule has 0 aliphatic carbocycles. The number of likely N-dealkylation sites (tertiary alicyclic amines) is 1. The number of benzene rings is 1. The fraction of sp³-hybridized carbons (Fsp3) is 0.556. The highest BCUT2D eigenvalue weighted by Gasteiger charge is 2.45. The van der Waals surface area contributed by atoms with Gasteiger partial charge >= 0.3 is 0 Å². The maximum absolute atomic E-state index is 13.4. The summed E-state index contributed by atoms with van der Waals surface area (Å²) in [5.74, 6) is -0.522. The van der Waals surface area contributed by atoms with Crippen LogP contribution in [0, 0.1) is 22.6 Å². The first-order valence-electron chi connectivity index (χ1n) is 8.08. The van der Waals surface area contributed by atoms with Crippen LogP contribution >= 0.6 is 0 Å². The number of hydrogen-bond acceptors (Lipinski definition) is 3. The Morgan fingerprint density at radius 3 is 2.61 bits per heavy atom. The van der Waals surface area contributed by atoms with Crippen molar-refractivity contribution in [1.29, 1.82) is 5.26 Å². The highest BCUT2D eigenvalue weighted by Crippen LogP contribution is 2.43. The number of amides is 1. The monoisotopic (exact) mass is 319 g/mol. The van der Waals surface area contributed by atoms with Crippen molar-refractivity contribution in [2.75, 3.05) is 6.54 Å². The van der Waals surface area contributed by atoms with E-state index in [1.165, 1.54) is 12.1 Å². The number of carbonyl (C=O) groups excluding carboxylic acids is 1. The average Bonchev–Trinajstić information content (AvgIpc) is 3.02. The molecule has 1 aromatic carbocycles. The lowest BCUT2D eigenvalue weighted by Gasteiger charge is -2.36. The molecule has 23 heavy (non-hydrogen) atoms. The van der Waals surface area contributed by atoms with Crippen LogP contribution in [0.5, 0.6) is 0 Å². The summed E-state index contributed by atoms with van der Waals surface area (Å²) in [6, 6.07) is 8.13. The molecule has 0 saturated carbocycles. The van der Waals surface area contributed by atoms with Crippen molar-refractivity contribution in [1.82, 2.24) is 4.90 Å². The summed E-state index contributed by atoms with van der Waals surface area (Å²) in [5, 5.41) is 9.35. The summed E-state index contributed by atoms with van der Waals surface area (Å²) in [5.41, 5.74) is 5.62. The molecular weight excluding hydrogens is 293 g/mol. The zero-order valence-corrected chi connectivity index (χ0v) is 14.3. The Balaban J connectivity index is 0.00000127. The molecule has 2 atom stereocenters. The van der Waals surface area contributed by atoms with Crippen LogP contribution < -0.4 is 5.73 Å². The highest BCUT2D eigenvalue weighted by atomic mass is 19.1. The Kier molecular flexibility index (Phi) is 6.71. The van der Waals surface area contributed by atoms with Crippen molar-refractivity contribution in [2.24, 2.45) is 11.1 Å². The van der Waals surface area contributed by atoms with Crippen molar-refractivity contribution < 1.29 is 9.18 Å². The Hall–Kier alpha value is -1.93. The van der Waals surface area contributed by atoms with Crippen LogP contribution in [-0.2, 0) is 4.79 Å². The molecule has 4 nitrogen and oxygen atoms in total. The number of nitrogens with two attached hydrogens (primary N) is 1. The van der Waals surface area contributed by atoms with E-state index in [-0.39, 0.29) is 30.4 Å². The Morgan fingerprint density at radius 1 is 1.43 bits per heavy atom. The van der Waals surface area contributed by atoms with Crippen LogP contribution in [0.3, 0.4) is 0 Å². The van der Waals surface area contributed by atoms with E-state index in [9.17, 15) is 14.4 Å². The summed E-state index contributed by atoms with van der Waals surface area (Å²) in [4.78, 5) is 13.9. The van der Waals surface area contributed by atoms with Gasteiger partial charge in [-0.3, -0.25) is 4.79 Å². The highest BCUT2D eigenvalue weighted by molar-refractivity contribution is 5.79. The number of nitrogens with zero attached hydrogens (tertiary/aromatic N) is 2. The van der Waals surface area contributed by atoms with Crippen molar-refractivity contribution in [2.45, 2.75) is 52.6 Å². The van der Waals surface area contributed by atoms with E-state index >= 15 is 0 Å². The molecule has 1 heterocycles. The lowest BCUT2D eigenvalue weighted by molar-refractivity contribution is -0.134. The van der Waals surface area contributed by atoms with E-state index in [4.69, 9.17) is 5.73 Å². The molecule has 0 bridgehead atoms. The average molecular weight is 319 g/mol. The molecule has 1 amide bonds. The maximum Gasteiger partial charge on any atom is 0.237 e. The summed E-state index contributed by atoms with van der Waals surface area (Å²) in [6.45, 7) is 7.54. The first-order valence-corrected chi connectivity index (χ1v) is 8.08. The zero-order chi connectivity index (χ0) is 17.6. The summed E-state index contributed by atoms with van der Waals surface area (Å²) in [6.07, 6.45) is 1.43. The molecule has 2 N–H and O–H groups in total. The minimum Gasteiger partial charge on any atom is -0.330 e. The van der Waals surface area contributed by atoms with E-state index in [1.807, 2.05) is 33.8 Å². The number of nitriles is 1. The molecule has 0 aromatic heterocycles. The van der Waals surface area contributed by atoms with Gasteiger partial charge in [0.2, 0.25) is 5.91 Å². The van der Waals surface area contributed by atoms with E-state index in [1.54, 1.807) is 11.0 Å². The molecule has 126 valence electrons. The minimum absolute atomic E-state index is 0.107. The smallest absolute Gasteiger partial charge is 0.237 e. The molecule has 0 radical (unpaired) electrons. The van der Waals surface area contributed by atoms with Gasteiger partial charge in [0.1, 0.15) is 5.82 Å². The van der Waals surface area contributed by atoms with Crippen LogP contribution in [0.2, 0.25) is 0 Å². The molecule has 1 aliphatic heterocycles. The molecule has 5 heteroatoms. The number of hydrogen-bond donors (Lipinski definition) is 1. The van der Waals surface area contributed by atoms with Gasteiger partial charge in [0.25, 0.3) is 0 Å². The van der Waals surface area contributed by atoms with Crippen molar-refractivity contribution >= 4 is 5.91 Å². The second-order valence-electron chi connectivity index (χ2n) is 6.00. The molecule has 1 saturated heterocycles. The maximum atomic E-state index is 13.4. The third-order valence-corrected chi connectivity index (χ3v) is 4.20. The molecule has 0 spiro atoms.